The maximum Gasteiger partial charge on any atom is 0.308 e. The molecule has 59 heavy (non-hydrogen) atoms. The van der Waals surface area contributed by atoms with Crippen molar-refractivity contribution in [3.05, 3.63) is 72.2 Å². The highest BCUT2D eigenvalue weighted by Gasteiger charge is 2.47. The van der Waals surface area contributed by atoms with Gasteiger partial charge in [0.25, 0.3) is 0 Å². The Labute approximate surface area is 347 Å². The highest BCUT2D eigenvalue weighted by atomic mass is 16.7. The molecule has 0 amide bonds. The number of ketones is 1. The third-order valence-electron chi connectivity index (χ3n) is 11.9. The third-order valence-corrected chi connectivity index (χ3v) is 11.9. The Kier molecular flexibility index (Phi) is 16.5. The van der Waals surface area contributed by atoms with E-state index in [0.717, 1.165) is 27.9 Å². The predicted octanol–water partition coefficient (Wildman–Crippen LogP) is 3.46. The molecule has 15 nitrogen and oxygen atoms in total. The molecule has 1 fully saturated rings. The quantitative estimate of drug-likeness (QED) is 0.206. The number of rotatable bonds is 11. The van der Waals surface area contributed by atoms with Crippen molar-refractivity contribution >= 4 is 22.7 Å². The predicted molar refractivity (Wildman–Crippen MR) is 222 cm³/mol. The normalized spacial score (nSPS) is 33.2. The van der Waals surface area contributed by atoms with Crippen LogP contribution in [0.15, 0.2) is 66.5 Å². The molecule has 3 aromatic rings. The average Bonchev–Trinajstić information content (AvgIpc) is 3.68. The van der Waals surface area contributed by atoms with Crippen LogP contribution in [-0.2, 0) is 30.3 Å². The minimum atomic E-state index is -1.26. The molecule has 0 radical (unpaired) electrons. The number of aliphatic hydroxyl groups is 4. The number of hydrogen-bond acceptors (Lipinski definition) is 14. The molecule has 4 heterocycles. The maximum absolute atomic E-state index is 13.7. The van der Waals surface area contributed by atoms with Crippen molar-refractivity contribution in [2.75, 3.05) is 34.3 Å². The van der Waals surface area contributed by atoms with E-state index in [-0.39, 0.29) is 24.7 Å². The summed E-state index contributed by atoms with van der Waals surface area (Å²) in [5, 5.41) is 54.3. The number of carbonyl (C=O) groups excluding carboxylic acids is 2. The Hall–Kier alpha value is -3.93. The van der Waals surface area contributed by atoms with Crippen LogP contribution in [0.1, 0.15) is 66.0 Å². The fourth-order valence-corrected chi connectivity index (χ4v) is 8.30. The third kappa shape index (κ3) is 11.9. The first-order valence-electron chi connectivity index (χ1n) is 20.8. The second kappa shape index (κ2) is 21.0. The molecule has 0 saturated carbocycles. The smallest absolute Gasteiger partial charge is 0.308 e. The number of pyridine rings is 1. The molecule has 2 aliphatic heterocycles. The van der Waals surface area contributed by atoms with Crippen molar-refractivity contribution in [2.45, 2.75) is 116 Å². The second-order valence-corrected chi connectivity index (χ2v) is 16.8. The lowest BCUT2D eigenvalue weighted by Crippen LogP contribution is -2.63. The molecule has 4 N–H and O–H groups in total. The zero-order valence-corrected chi connectivity index (χ0v) is 35.7. The van der Waals surface area contributed by atoms with E-state index >= 15 is 0 Å². The number of benzene rings is 1. The minimum absolute atomic E-state index is 0.103. The van der Waals surface area contributed by atoms with Gasteiger partial charge in [0, 0.05) is 35.9 Å². The summed E-state index contributed by atoms with van der Waals surface area (Å²) in [6.45, 7) is 9.78. The Morgan fingerprint density at radius 3 is 2.51 bits per heavy atom. The van der Waals surface area contributed by atoms with Gasteiger partial charge in [-0.2, -0.15) is 0 Å². The first kappa shape index (κ1) is 46.1. The SMILES string of the molecule is CC[C@H]1OC(=O)C[C@@H](O)[C@H](C)[C@@H](O[C@@H]2O[C@H](C)[C@@H](O)C(N(C)C)[C@@H]2O)[C@@H](CCN(C)Cc2cn(-c3ccc4ncccc4c3)nn2)C[C@@H](C)C(=O)/C=C/C(C)=C/[C@@H]1CO. The number of fused-ring (bicyclic) bond motifs is 1. The summed E-state index contributed by atoms with van der Waals surface area (Å²) in [6.07, 6.45) is 2.82. The molecule has 1 saturated heterocycles. The second-order valence-electron chi connectivity index (χ2n) is 16.8. The molecule has 0 bridgehead atoms. The molecule has 1 unspecified atom stereocenters. The van der Waals surface area contributed by atoms with Gasteiger partial charge in [0.15, 0.2) is 12.1 Å². The number of aromatic nitrogens is 4. The first-order valence-corrected chi connectivity index (χ1v) is 20.8. The van der Waals surface area contributed by atoms with Crippen molar-refractivity contribution in [3.63, 3.8) is 0 Å². The summed E-state index contributed by atoms with van der Waals surface area (Å²) in [7, 11) is 5.49. The molecule has 5 rings (SSSR count). The number of ether oxygens (including phenoxy) is 3. The number of esters is 1. The minimum Gasteiger partial charge on any atom is -0.462 e. The van der Waals surface area contributed by atoms with Crippen LogP contribution in [0.4, 0.5) is 0 Å². The number of hydrogen-bond donors (Lipinski definition) is 4. The van der Waals surface area contributed by atoms with Gasteiger partial charge >= 0.3 is 5.97 Å². The molecule has 2 aromatic heterocycles. The lowest BCUT2D eigenvalue weighted by Gasteiger charge is -2.46. The number of carbonyl (C=O) groups is 2. The molecule has 12 atom stereocenters. The van der Waals surface area contributed by atoms with Crippen LogP contribution in [0, 0.1) is 23.7 Å². The van der Waals surface area contributed by atoms with Gasteiger partial charge in [-0.3, -0.25) is 14.6 Å². The van der Waals surface area contributed by atoms with E-state index < -0.39 is 72.7 Å². The van der Waals surface area contributed by atoms with Gasteiger partial charge in [0.05, 0.1) is 66.6 Å². The number of likely N-dealkylation sites (N-methyl/N-ethyl adjacent to an activating group) is 1. The van der Waals surface area contributed by atoms with Gasteiger partial charge in [0.1, 0.15) is 12.2 Å². The Morgan fingerprint density at radius 1 is 1.03 bits per heavy atom. The van der Waals surface area contributed by atoms with Crippen LogP contribution in [0.3, 0.4) is 0 Å². The largest absolute Gasteiger partial charge is 0.462 e. The standard InChI is InChI=1S/C44H64N6O9/c1-9-38-32(25-51)19-26(2)12-15-36(52)27(3)20-31(16-18-49(8)23-33-24-50(47-46-33)34-13-14-35-30(21-34)11-10-17-45-35)43(28(4)37(53)22-39(54)58-38)59-44-42(56)40(48(6)7)41(55)29(5)57-44/h10-15,17,19,21,24,27-29,31-32,37-38,40-44,51,53,55-56H,9,16,18,20,22-23,25H2,1-8H3/b15-12+,26-19+/t27-,28+,29-,31+,32-,37-,38-,40?,41-,42+,43-,44+/m1/s1. The number of nitrogens with zero attached hydrogens (tertiary/aromatic N) is 6. The molecule has 324 valence electrons. The molecule has 15 heteroatoms. The van der Waals surface area contributed by atoms with E-state index in [0.29, 0.717) is 32.4 Å². The molecule has 2 aliphatic rings. The van der Waals surface area contributed by atoms with Crippen LogP contribution in [-0.4, -0.2) is 145 Å². The Bertz CT molecular complexity index is 1900. The van der Waals surface area contributed by atoms with Crippen molar-refractivity contribution < 1.29 is 44.2 Å². The van der Waals surface area contributed by atoms with Gasteiger partial charge in [-0.05, 0) is 97.1 Å². The summed E-state index contributed by atoms with van der Waals surface area (Å²) in [6, 6.07) is 9.08. The lowest BCUT2D eigenvalue weighted by molar-refractivity contribution is -0.304. The summed E-state index contributed by atoms with van der Waals surface area (Å²) in [5.74, 6) is -2.78. The number of aliphatic hydroxyl groups excluding tert-OH is 4. The highest BCUT2D eigenvalue weighted by molar-refractivity contribution is 5.91. The summed E-state index contributed by atoms with van der Waals surface area (Å²) in [5.41, 5.74) is 3.23. The average molecular weight is 821 g/mol. The summed E-state index contributed by atoms with van der Waals surface area (Å²) >= 11 is 0. The molecular weight excluding hydrogens is 757 g/mol. The molecule has 0 spiro atoms. The van der Waals surface area contributed by atoms with Crippen molar-refractivity contribution in [1.29, 1.82) is 0 Å². The van der Waals surface area contributed by atoms with E-state index in [4.69, 9.17) is 14.2 Å². The van der Waals surface area contributed by atoms with Gasteiger partial charge in [-0.25, -0.2) is 4.68 Å². The van der Waals surface area contributed by atoms with Crippen LogP contribution in [0.25, 0.3) is 16.6 Å². The zero-order valence-electron chi connectivity index (χ0n) is 35.7. The highest BCUT2D eigenvalue weighted by Crippen LogP contribution is 2.35. The maximum atomic E-state index is 13.7. The lowest BCUT2D eigenvalue weighted by atomic mass is 9.79. The van der Waals surface area contributed by atoms with Gasteiger partial charge in [0.2, 0.25) is 0 Å². The van der Waals surface area contributed by atoms with Crippen molar-refractivity contribution in [3.8, 4) is 5.69 Å². The van der Waals surface area contributed by atoms with Crippen LogP contribution >= 0.6 is 0 Å². The van der Waals surface area contributed by atoms with Crippen LogP contribution < -0.4 is 0 Å². The van der Waals surface area contributed by atoms with Gasteiger partial charge in [-0.15, -0.1) is 5.10 Å². The van der Waals surface area contributed by atoms with Crippen LogP contribution in [0.5, 0.6) is 0 Å². The van der Waals surface area contributed by atoms with E-state index in [1.807, 2.05) is 64.3 Å². The Morgan fingerprint density at radius 2 is 1.80 bits per heavy atom. The fourth-order valence-electron chi connectivity index (χ4n) is 8.30. The molecule has 0 aliphatic carbocycles. The van der Waals surface area contributed by atoms with E-state index in [1.54, 1.807) is 55.9 Å². The topological polar surface area (TPSA) is 193 Å². The summed E-state index contributed by atoms with van der Waals surface area (Å²) < 4.78 is 20.4. The van der Waals surface area contributed by atoms with Gasteiger partial charge < -0.3 is 44.4 Å². The van der Waals surface area contributed by atoms with Crippen molar-refractivity contribution in [2.24, 2.45) is 23.7 Å². The van der Waals surface area contributed by atoms with Gasteiger partial charge in [-0.1, -0.05) is 49.8 Å². The van der Waals surface area contributed by atoms with Crippen molar-refractivity contribution in [1.82, 2.24) is 29.8 Å². The van der Waals surface area contributed by atoms with E-state index in [9.17, 15) is 30.0 Å². The number of cyclic esters (lactones) is 1. The monoisotopic (exact) mass is 820 g/mol. The molecule has 1 aromatic carbocycles. The van der Waals surface area contributed by atoms with Crippen LogP contribution in [0.2, 0.25) is 0 Å². The first-order chi connectivity index (χ1) is 28.1. The Balaban J connectivity index is 1.44. The van der Waals surface area contributed by atoms with E-state index in [1.165, 1.54) is 6.08 Å². The molecular formula is C44H64N6O9. The van der Waals surface area contributed by atoms with E-state index in [2.05, 4.69) is 20.2 Å². The summed E-state index contributed by atoms with van der Waals surface area (Å²) in [4.78, 5) is 35.4. The fraction of sp³-hybridized carbons (Fsp3) is 0.614. The number of allylic oxidation sites excluding steroid dienone is 3. The zero-order chi connectivity index (χ0) is 43.0.